The molecule has 0 radical (unpaired) electrons. The van der Waals surface area contributed by atoms with Crippen LogP contribution in [0.3, 0.4) is 0 Å². The molecule has 0 aromatic rings. The highest BCUT2D eigenvalue weighted by Crippen LogP contribution is 2.07. The summed E-state index contributed by atoms with van der Waals surface area (Å²) < 4.78 is 23.9. The molecule has 1 heterocycles. The zero-order valence-corrected chi connectivity index (χ0v) is 12.2. The smallest absolute Gasteiger partial charge is 0.337 e. The van der Waals surface area contributed by atoms with E-state index in [9.17, 15) is 23.1 Å². The highest BCUT2D eigenvalue weighted by molar-refractivity contribution is 7.88. The largest absolute Gasteiger partial charge is 0.479 e. The van der Waals surface area contributed by atoms with E-state index in [0.717, 1.165) is 13.2 Å². The average Bonchev–Trinajstić information content (AvgIpc) is 2.35. The number of aliphatic hydroxyl groups is 1. The Morgan fingerprint density at radius 3 is 2.15 bits per heavy atom. The number of sulfonamides is 1. The van der Waals surface area contributed by atoms with Crippen LogP contribution in [0.2, 0.25) is 0 Å². The zero-order chi connectivity index (χ0) is 15.6. The van der Waals surface area contributed by atoms with Gasteiger partial charge in [0, 0.05) is 26.2 Å². The Kier molecular flexibility index (Phi) is 4.95. The minimum atomic E-state index is -3.26. The van der Waals surface area contributed by atoms with E-state index in [1.54, 1.807) is 0 Å². The second-order valence-corrected chi connectivity index (χ2v) is 6.87. The van der Waals surface area contributed by atoms with Crippen molar-refractivity contribution in [3.8, 4) is 0 Å². The first-order valence-corrected chi connectivity index (χ1v) is 7.82. The number of carbonyl (C=O) groups is 2. The quantitative estimate of drug-likeness (QED) is 0.557. The fourth-order valence-corrected chi connectivity index (χ4v) is 2.48. The molecule has 116 valence electrons. The third kappa shape index (κ3) is 4.32. The molecular weight excluding hydrogens is 290 g/mol. The Balaban J connectivity index is 2.46. The van der Waals surface area contributed by atoms with Crippen LogP contribution < -0.4 is 5.32 Å². The first kappa shape index (κ1) is 16.7. The van der Waals surface area contributed by atoms with Crippen LogP contribution >= 0.6 is 0 Å². The fourth-order valence-electron chi connectivity index (χ4n) is 1.66. The molecule has 20 heavy (non-hydrogen) atoms. The van der Waals surface area contributed by atoms with Gasteiger partial charge in [-0.15, -0.1) is 0 Å². The van der Waals surface area contributed by atoms with Gasteiger partial charge in [0.15, 0.2) is 5.60 Å². The number of hydrogen-bond donors (Lipinski definition) is 3. The fraction of sp³-hybridized carbons (Fsp3) is 0.800. The first-order chi connectivity index (χ1) is 9.04. The molecule has 1 unspecified atom stereocenters. The molecule has 2 amide bonds. The summed E-state index contributed by atoms with van der Waals surface area (Å²) in [5, 5.41) is 20.5. The molecule has 10 heteroatoms. The molecule has 0 aromatic heterocycles. The van der Waals surface area contributed by atoms with Gasteiger partial charge in [-0.3, -0.25) is 0 Å². The zero-order valence-electron chi connectivity index (χ0n) is 11.4. The number of carboxylic acids is 1. The first-order valence-electron chi connectivity index (χ1n) is 5.98. The van der Waals surface area contributed by atoms with Gasteiger partial charge in [-0.25, -0.2) is 18.0 Å². The lowest BCUT2D eigenvalue weighted by Gasteiger charge is -2.33. The van der Waals surface area contributed by atoms with E-state index in [-0.39, 0.29) is 26.2 Å². The molecule has 1 aliphatic rings. The molecule has 0 saturated carbocycles. The molecule has 0 aliphatic carbocycles. The van der Waals surface area contributed by atoms with Crippen molar-refractivity contribution in [3.05, 3.63) is 0 Å². The highest BCUT2D eigenvalue weighted by atomic mass is 32.2. The molecule has 3 N–H and O–H groups in total. The van der Waals surface area contributed by atoms with Crippen LogP contribution in [0.25, 0.3) is 0 Å². The van der Waals surface area contributed by atoms with Gasteiger partial charge in [-0.1, -0.05) is 0 Å². The molecule has 1 atom stereocenters. The summed E-state index contributed by atoms with van der Waals surface area (Å²) in [5.41, 5.74) is -2.04. The lowest BCUT2D eigenvalue weighted by atomic mass is 10.1. The van der Waals surface area contributed by atoms with Crippen molar-refractivity contribution in [2.24, 2.45) is 0 Å². The summed E-state index contributed by atoms with van der Waals surface area (Å²) in [6.45, 7) is 1.48. The van der Waals surface area contributed by atoms with Gasteiger partial charge in [-0.2, -0.15) is 4.31 Å². The summed E-state index contributed by atoms with van der Waals surface area (Å²) in [6.07, 6.45) is 1.10. The number of urea groups is 1. The van der Waals surface area contributed by atoms with Crippen LogP contribution in [0.1, 0.15) is 6.92 Å². The van der Waals surface area contributed by atoms with E-state index in [4.69, 9.17) is 5.11 Å². The van der Waals surface area contributed by atoms with Crippen LogP contribution in [0.15, 0.2) is 0 Å². The van der Waals surface area contributed by atoms with Gasteiger partial charge in [0.05, 0.1) is 12.8 Å². The minimum Gasteiger partial charge on any atom is -0.479 e. The van der Waals surface area contributed by atoms with E-state index in [1.165, 1.54) is 9.21 Å². The van der Waals surface area contributed by atoms with Crippen LogP contribution in [0, 0.1) is 0 Å². The molecule has 1 rings (SSSR count). The van der Waals surface area contributed by atoms with Gasteiger partial charge in [-0.05, 0) is 6.92 Å². The number of amides is 2. The number of hydrogen-bond acceptors (Lipinski definition) is 5. The lowest BCUT2D eigenvalue weighted by molar-refractivity contribution is -0.155. The number of nitrogens with zero attached hydrogens (tertiary/aromatic N) is 2. The molecule has 0 spiro atoms. The molecule has 1 aliphatic heterocycles. The Morgan fingerprint density at radius 2 is 1.75 bits per heavy atom. The van der Waals surface area contributed by atoms with Crippen molar-refractivity contribution in [1.82, 2.24) is 14.5 Å². The maximum absolute atomic E-state index is 11.8. The summed E-state index contributed by atoms with van der Waals surface area (Å²) in [6, 6.07) is -0.528. The number of piperazine rings is 1. The van der Waals surface area contributed by atoms with E-state index in [0.29, 0.717) is 0 Å². The van der Waals surface area contributed by atoms with E-state index in [1.807, 2.05) is 0 Å². The predicted octanol–water partition coefficient (Wildman–Crippen LogP) is -1.89. The van der Waals surface area contributed by atoms with Crippen LogP contribution in [-0.2, 0) is 14.8 Å². The van der Waals surface area contributed by atoms with Crippen molar-refractivity contribution in [1.29, 1.82) is 0 Å². The molecular formula is C10H19N3O6S. The van der Waals surface area contributed by atoms with Gasteiger partial charge in [0.25, 0.3) is 0 Å². The minimum absolute atomic E-state index is 0.196. The lowest BCUT2D eigenvalue weighted by Crippen LogP contribution is -2.55. The van der Waals surface area contributed by atoms with Crippen molar-refractivity contribution in [2.45, 2.75) is 12.5 Å². The number of carboxylic acid groups (broad SMARTS) is 1. The summed E-state index contributed by atoms with van der Waals surface area (Å²) in [7, 11) is -3.26. The highest BCUT2D eigenvalue weighted by Gasteiger charge is 2.32. The van der Waals surface area contributed by atoms with E-state index < -0.39 is 34.2 Å². The second kappa shape index (κ2) is 5.94. The summed E-state index contributed by atoms with van der Waals surface area (Å²) in [4.78, 5) is 23.8. The molecule has 0 bridgehead atoms. The third-order valence-corrected chi connectivity index (χ3v) is 4.34. The number of carbonyl (C=O) groups excluding carboxylic acids is 1. The average molecular weight is 309 g/mol. The van der Waals surface area contributed by atoms with Crippen LogP contribution in [-0.4, -0.2) is 84.4 Å². The standard InChI is InChI=1S/C10H19N3O6S/c1-10(17,8(14)15)7-11-9(16)12-3-5-13(6-4-12)20(2,18)19/h17H,3-7H2,1-2H3,(H,11,16)(H,14,15). The normalized spacial score (nSPS) is 20.2. The maximum atomic E-state index is 11.8. The maximum Gasteiger partial charge on any atom is 0.337 e. The molecule has 1 saturated heterocycles. The Labute approximate surface area is 117 Å². The number of nitrogens with one attached hydrogen (secondary N) is 1. The molecule has 1 fully saturated rings. The van der Waals surface area contributed by atoms with Crippen LogP contribution in [0.5, 0.6) is 0 Å². The molecule has 9 nitrogen and oxygen atoms in total. The van der Waals surface area contributed by atoms with E-state index >= 15 is 0 Å². The number of rotatable bonds is 4. The number of aliphatic carboxylic acids is 1. The van der Waals surface area contributed by atoms with E-state index in [2.05, 4.69) is 5.32 Å². The Morgan fingerprint density at radius 1 is 1.25 bits per heavy atom. The summed E-state index contributed by atoms with van der Waals surface area (Å²) in [5.74, 6) is -1.43. The van der Waals surface area contributed by atoms with Gasteiger partial charge in [0.1, 0.15) is 0 Å². The van der Waals surface area contributed by atoms with Gasteiger partial charge >= 0.3 is 12.0 Å². The van der Waals surface area contributed by atoms with Crippen molar-refractivity contribution in [2.75, 3.05) is 39.0 Å². The topological polar surface area (TPSA) is 127 Å². The van der Waals surface area contributed by atoms with Crippen molar-refractivity contribution in [3.63, 3.8) is 0 Å². The SMILES string of the molecule is CC(O)(CNC(=O)N1CCN(S(C)(=O)=O)CC1)C(=O)O. The predicted molar refractivity (Wildman–Crippen MR) is 69.6 cm³/mol. The van der Waals surface area contributed by atoms with Gasteiger partial charge in [0.2, 0.25) is 10.0 Å². The van der Waals surface area contributed by atoms with Crippen molar-refractivity contribution >= 4 is 22.0 Å². The van der Waals surface area contributed by atoms with Crippen molar-refractivity contribution < 1.29 is 28.2 Å². The molecule has 0 aromatic carbocycles. The third-order valence-electron chi connectivity index (χ3n) is 3.04. The second-order valence-electron chi connectivity index (χ2n) is 4.89. The Bertz CT molecular complexity index is 481. The van der Waals surface area contributed by atoms with Crippen LogP contribution in [0.4, 0.5) is 4.79 Å². The van der Waals surface area contributed by atoms with Gasteiger partial charge < -0.3 is 20.4 Å². The Hall–Kier alpha value is -1.39. The monoisotopic (exact) mass is 309 g/mol. The summed E-state index contributed by atoms with van der Waals surface area (Å²) >= 11 is 0.